The van der Waals surface area contributed by atoms with Crippen LogP contribution in [0, 0.1) is 44.8 Å². The summed E-state index contributed by atoms with van der Waals surface area (Å²) in [5.41, 5.74) is -2.90. The molecule has 0 aromatic rings. The molecule has 13 nitrogen and oxygen atoms in total. The van der Waals surface area contributed by atoms with E-state index >= 15 is 0 Å². The molecule has 0 amide bonds. The van der Waals surface area contributed by atoms with Gasteiger partial charge in [0.15, 0.2) is 12.6 Å². The van der Waals surface area contributed by atoms with E-state index in [0.29, 0.717) is 19.3 Å². The maximum absolute atomic E-state index is 12.2. The van der Waals surface area contributed by atoms with E-state index in [9.17, 15) is 40.9 Å². The van der Waals surface area contributed by atoms with Crippen LogP contribution in [0.5, 0.6) is 0 Å². The number of aliphatic hydroxyl groups excluding tert-OH is 7. The maximum Gasteiger partial charge on any atom is 0.186 e. The molecule has 54 heavy (non-hydrogen) atoms. The van der Waals surface area contributed by atoms with Crippen molar-refractivity contribution in [3.8, 4) is 0 Å². The maximum atomic E-state index is 12.2. The highest BCUT2D eigenvalue weighted by molar-refractivity contribution is 5.33. The van der Waals surface area contributed by atoms with E-state index < -0.39 is 90.2 Å². The minimum Gasteiger partial charge on any atom is -0.393 e. The third-order valence-corrected chi connectivity index (χ3v) is 17.6. The van der Waals surface area contributed by atoms with Gasteiger partial charge in [0.1, 0.15) is 36.6 Å². The summed E-state index contributed by atoms with van der Waals surface area (Å²) in [7, 11) is 0. The molecule has 3 saturated heterocycles. The molecule has 21 atom stereocenters. The van der Waals surface area contributed by atoms with E-state index in [0.717, 1.165) is 38.5 Å². The summed E-state index contributed by atoms with van der Waals surface area (Å²) in [5.74, 6) is -0.0738. The standard InChI is InChI=1S/C41H68O13/c1-19-26(44)28(46)30(48)34(51-19)52-22-15-23-38(7)16-20(42)31(39(8)11-9-25(54-39)36(4,5)49)37(38,6)13-14-40(23)18-41(40)12-10-24(35(2,3)32(22)41)53-33-29(47)27(45)21(43)17-50-33/h19-34,42-49H,9-18H2,1-8H3/t19-,20+,21-,22+,23?,24?,25+,26-,27+,28+,29-,30+,31?,32?,33+,34-,37-,38+,39?,40+,41-/m1/s1. The zero-order chi connectivity index (χ0) is 39.3. The van der Waals surface area contributed by atoms with Gasteiger partial charge < -0.3 is 64.5 Å². The lowest BCUT2D eigenvalue weighted by molar-refractivity contribution is -0.335. The Morgan fingerprint density at radius 2 is 1.37 bits per heavy atom. The van der Waals surface area contributed by atoms with E-state index in [2.05, 4.69) is 34.6 Å². The van der Waals surface area contributed by atoms with Crippen molar-refractivity contribution in [1.82, 2.24) is 0 Å². The van der Waals surface area contributed by atoms with Crippen molar-refractivity contribution in [2.75, 3.05) is 6.61 Å². The summed E-state index contributed by atoms with van der Waals surface area (Å²) in [4.78, 5) is 0. The first-order valence-electron chi connectivity index (χ1n) is 20.7. The smallest absolute Gasteiger partial charge is 0.186 e. The predicted molar refractivity (Wildman–Crippen MR) is 192 cm³/mol. The van der Waals surface area contributed by atoms with Crippen LogP contribution in [0.1, 0.15) is 113 Å². The molecular weight excluding hydrogens is 700 g/mol. The molecule has 8 fully saturated rings. The van der Waals surface area contributed by atoms with Gasteiger partial charge in [-0.05, 0) is 124 Å². The van der Waals surface area contributed by atoms with Crippen molar-refractivity contribution in [2.45, 2.75) is 204 Å². The van der Waals surface area contributed by atoms with Gasteiger partial charge in [-0.25, -0.2) is 0 Å². The first-order chi connectivity index (χ1) is 25.0. The molecule has 0 aromatic carbocycles. The molecule has 8 aliphatic rings. The molecule has 310 valence electrons. The second kappa shape index (κ2) is 12.7. The summed E-state index contributed by atoms with van der Waals surface area (Å²) >= 11 is 0. The van der Waals surface area contributed by atoms with Crippen molar-refractivity contribution in [1.29, 1.82) is 0 Å². The summed E-state index contributed by atoms with van der Waals surface area (Å²) < 4.78 is 32.1. The molecule has 5 saturated carbocycles. The Morgan fingerprint density at radius 1 is 0.685 bits per heavy atom. The van der Waals surface area contributed by atoms with E-state index in [1.807, 2.05) is 0 Å². The minimum atomic E-state index is -1.47. The summed E-state index contributed by atoms with van der Waals surface area (Å²) in [6.07, 6.45) is -5.87. The van der Waals surface area contributed by atoms with Gasteiger partial charge in [-0.3, -0.25) is 0 Å². The van der Waals surface area contributed by atoms with Gasteiger partial charge >= 0.3 is 0 Å². The number of fused-ring (bicyclic) bond motifs is 2. The summed E-state index contributed by atoms with van der Waals surface area (Å²) in [6.45, 7) is 16.3. The van der Waals surface area contributed by atoms with Gasteiger partial charge in [-0.1, -0.05) is 27.7 Å². The molecule has 2 spiro atoms. The summed E-state index contributed by atoms with van der Waals surface area (Å²) in [5, 5.41) is 87.1. The summed E-state index contributed by atoms with van der Waals surface area (Å²) in [6, 6.07) is 0. The molecule has 5 unspecified atom stereocenters. The normalized spacial score (nSPS) is 59.6. The van der Waals surface area contributed by atoms with Crippen LogP contribution >= 0.6 is 0 Å². The van der Waals surface area contributed by atoms with Gasteiger partial charge in [0.25, 0.3) is 0 Å². The molecule has 8 N–H and O–H groups in total. The highest BCUT2D eigenvalue weighted by Gasteiger charge is 2.85. The van der Waals surface area contributed by atoms with Crippen LogP contribution in [0.2, 0.25) is 0 Å². The first kappa shape index (κ1) is 40.3. The molecule has 0 radical (unpaired) electrons. The van der Waals surface area contributed by atoms with Crippen LogP contribution in [0.25, 0.3) is 0 Å². The predicted octanol–water partition coefficient (Wildman–Crippen LogP) is 1.75. The van der Waals surface area contributed by atoms with Crippen molar-refractivity contribution < 1.29 is 64.5 Å². The Hall–Kier alpha value is -0.520. The lowest BCUT2D eigenvalue weighted by Crippen LogP contribution is -2.65. The SMILES string of the molecule is C[C@H]1O[C@H](O[C@H]2CC3[C@]4(CC[C@]5(C)C(C6(C)CC[C@@H](C(C)(C)O)O6)[C@@H](O)C[C@@]35C)C[C@@]43CCC(O[C@@H]4OC[C@@H](O)[C@H](O)[C@H]4O)C(C)(C)C23)[C@@H](O)[C@@H](O)[C@@H]1O. The fourth-order valence-electron chi connectivity index (χ4n) is 14.8. The monoisotopic (exact) mass is 768 g/mol. The molecular formula is C41H68O13. The van der Waals surface area contributed by atoms with E-state index in [1.54, 1.807) is 20.8 Å². The fourth-order valence-corrected chi connectivity index (χ4v) is 14.8. The fraction of sp³-hybridized carbons (Fsp3) is 1.00. The van der Waals surface area contributed by atoms with Crippen LogP contribution in [-0.4, -0.2) is 138 Å². The van der Waals surface area contributed by atoms with Gasteiger partial charge in [0.05, 0.1) is 48.3 Å². The molecule has 0 aromatic heterocycles. The second-order valence-corrected chi connectivity index (χ2v) is 21.0. The van der Waals surface area contributed by atoms with Crippen LogP contribution in [0.4, 0.5) is 0 Å². The van der Waals surface area contributed by atoms with Gasteiger partial charge in [0, 0.05) is 5.92 Å². The highest BCUT2D eigenvalue weighted by atomic mass is 16.7. The molecule has 3 aliphatic heterocycles. The number of hydrogen-bond acceptors (Lipinski definition) is 13. The average Bonchev–Trinajstić information content (AvgIpc) is 3.45. The van der Waals surface area contributed by atoms with Crippen molar-refractivity contribution >= 4 is 0 Å². The first-order valence-corrected chi connectivity index (χ1v) is 20.7. The third kappa shape index (κ3) is 5.43. The Morgan fingerprint density at radius 3 is 2.04 bits per heavy atom. The zero-order valence-corrected chi connectivity index (χ0v) is 33.4. The van der Waals surface area contributed by atoms with Gasteiger partial charge in [-0.15, -0.1) is 0 Å². The van der Waals surface area contributed by atoms with E-state index in [-0.39, 0.29) is 52.1 Å². The van der Waals surface area contributed by atoms with E-state index in [1.165, 1.54) is 0 Å². The highest BCUT2D eigenvalue weighted by Crippen LogP contribution is 2.89. The zero-order valence-electron chi connectivity index (χ0n) is 33.4. The number of ether oxygens (including phenoxy) is 5. The Kier molecular flexibility index (Phi) is 9.50. The van der Waals surface area contributed by atoms with Crippen molar-refractivity contribution in [2.24, 2.45) is 44.8 Å². The van der Waals surface area contributed by atoms with Gasteiger partial charge in [-0.2, -0.15) is 0 Å². The Labute approximate surface area is 319 Å². The van der Waals surface area contributed by atoms with Crippen LogP contribution in [0.15, 0.2) is 0 Å². The lowest BCUT2D eigenvalue weighted by Gasteiger charge is -2.65. The molecule has 8 rings (SSSR count). The van der Waals surface area contributed by atoms with Crippen LogP contribution < -0.4 is 0 Å². The van der Waals surface area contributed by atoms with Crippen molar-refractivity contribution in [3.63, 3.8) is 0 Å². The second-order valence-electron chi connectivity index (χ2n) is 21.0. The number of hydrogen-bond donors (Lipinski definition) is 8. The Bertz CT molecular complexity index is 1440. The van der Waals surface area contributed by atoms with Crippen LogP contribution in [0.3, 0.4) is 0 Å². The Balaban J connectivity index is 1.15. The lowest BCUT2D eigenvalue weighted by atomic mass is 9.41. The minimum absolute atomic E-state index is 0.0219. The van der Waals surface area contributed by atoms with Crippen molar-refractivity contribution in [3.05, 3.63) is 0 Å². The topological polar surface area (TPSA) is 208 Å². The van der Waals surface area contributed by atoms with E-state index in [4.69, 9.17) is 23.7 Å². The van der Waals surface area contributed by atoms with Gasteiger partial charge in [0.2, 0.25) is 0 Å². The largest absolute Gasteiger partial charge is 0.393 e. The number of rotatable bonds is 6. The van der Waals surface area contributed by atoms with Crippen LogP contribution in [-0.2, 0) is 23.7 Å². The third-order valence-electron chi connectivity index (χ3n) is 17.6. The average molecular weight is 769 g/mol. The quantitative estimate of drug-likeness (QED) is 0.182. The molecule has 13 heteroatoms. The molecule has 5 aliphatic carbocycles. The number of aliphatic hydroxyl groups is 8. The molecule has 3 heterocycles. The molecule has 0 bridgehead atoms.